The summed E-state index contributed by atoms with van der Waals surface area (Å²) in [4.78, 5) is 26.1. The Balaban J connectivity index is 2.49. The van der Waals surface area contributed by atoms with Crippen LogP contribution in [0.5, 0.6) is 0 Å². The fraction of sp³-hybridized carbons (Fsp3) is 0.154. The third-order valence-electron chi connectivity index (χ3n) is 2.85. The van der Waals surface area contributed by atoms with Gasteiger partial charge in [0.1, 0.15) is 5.92 Å². The fourth-order valence-electron chi connectivity index (χ4n) is 2.02. The molecule has 0 bridgehead atoms. The molecule has 5 heteroatoms. The van der Waals surface area contributed by atoms with Gasteiger partial charge in [-0.05, 0) is 5.56 Å². The maximum atomic E-state index is 11.2. The van der Waals surface area contributed by atoms with Crippen molar-refractivity contribution in [1.82, 2.24) is 0 Å². The lowest BCUT2D eigenvalue weighted by molar-refractivity contribution is -0.139. The number of rotatable bonds is 3. The molecule has 2 unspecified atom stereocenters. The minimum atomic E-state index is -1.15. The lowest BCUT2D eigenvalue weighted by Crippen LogP contribution is -2.29. The number of benzene rings is 1. The van der Waals surface area contributed by atoms with Crippen LogP contribution in [0.15, 0.2) is 47.1 Å². The van der Waals surface area contributed by atoms with Crippen LogP contribution in [0.2, 0.25) is 0 Å². The standard InChI is InChI=1S/C13H11NO4/c15-12(16)9-6-14-7-10(13(17)18)11(9)8-4-2-1-3-5-8/h1-7,9,11H,(H,15,16)(H,17,18). The lowest BCUT2D eigenvalue weighted by Gasteiger charge is -2.24. The van der Waals surface area contributed by atoms with Crippen molar-refractivity contribution in [1.29, 1.82) is 0 Å². The van der Waals surface area contributed by atoms with Gasteiger partial charge in [0.2, 0.25) is 0 Å². The lowest BCUT2D eigenvalue weighted by atomic mass is 9.80. The summed E-state index contributed by atoms with van der Waals surface area (Å²) < 4.78 is 0. The van der Waals surface area contributed by atoms with Crippen molar-refractivity contribution in [2.24, 2.45) is 10.9 Å². The number of carboxylic acid groups (broad SMARTS) is 2. The summed E-state index contributed by atoms with van der Waals surface area (Å²) >= 11 is 0. The molecular weight excluding hydrogens is 234 g/mol. The SMILES string of the molecule is O=C(O)C1=CN=CC(C(=O)O)C1c1ccccc1. The van der Waals surface area contributed by atoms with Gasteiger partial charge in [-0.25, -0.2) is 4.79 Å². The average molecular weight is 245 g/mol. The van der Waals surface area contributed by atoms with Crippen molar-refractivity contribution in [2.75, 3.05) is 0 Å². The van der Waals surface area contributed by atoms with Crippen molar-refractivity contribution < 1.29 is 19.8 Å². The molecule has 1 aromatic carbocycles. The molecule has 0 spiro atoms. The second-order valence-electron chi connectivity index (χ2n) is 3.94. The topological polar surface area (TPSA) is 87.0 Å². The molecule has 0 saturated carbocycles. The molecule has 5 nitrogen and oxygen atoms in total. The van der Waals surface area contributed by atoms with Crippen LogP contribution in [0.25, 0.3) is 0 Å². The van der Waals surface area contributed by atoms with Crippen molar-refractivity contribution in [3.05, 3.63) is 47.7 Å². The van der Waals surface area contributed by atoms with Gasteiger partial charge in [-0.2, -0.15) is 0 Å². The van der Waals surface area contributed by atoms with E-state index in [0.29, 0.717) is 5.56 Å². The van der Waals surface area contributed by atoms with Crippen LogP contribution in [0.1, 0.15) is 11.5 Å². The number of aliphatic carboxylic acids is 2. The molecule has 2 atom stereocenters. The molecule has 0 radical (unpaired) electrons. The zero-order chi connectivity index (χ0) is 13.1. The number of nitrogens with zero attached hydrogens (tertiary/aromatic N) is 1. The number of hydrogen-bond donors (Lipinski definition) is 2. The van der Waals surface area contributed by atoms with E-state index in [-0.39, 0.29) is 5.57 Å². The van der Waals surface area contributed by atoms with Crippen molar-refractivity contribution in [3.8, 4) is 0 Å². The van der Waals surface area contributed by atoms with E-state index in [4.69, 9.17) is 10.2 Å². The molecule has 1 aromatic rings. The third-order valence-corrected chi connectivity index (χ3v) is 2.85. The van der Waals surface area contributed by atoms with Crippen LogP contribution >= 0.6 is 0 Å². The summed E-state index contributed by atoms with van der Waals surface area (Å²) in [6.45, 7) is 0. The van der Waals surface area contributed by atoms with Gasteiger partial charge in [0.05, 0.1) is 5.57 Å². The highest BCUT2D eigenvalue weighted by Gasteiger charge is 2.35. The molecule has 2 rings (SSSR count). The summed E-state index contributed by atoms with van der Waals surface area (Å²) in [5.74, 6) is -3.89. The van der Waals surface area contributed by atoms with E-state index in [1.54, 1.807) is 30.3 Å². The van der Waals surface area contributed by atoms with E-state index in [1.165, 1.54) is 12.4 Å². The van der Waals surface area contributed by atoms with Gasteiger partial charge in [0.15, 0.2) is 0 Å². The molecule has 92 valence electrons. The Morgan fingerprint density at radius 2 is 1.78 bits per heavy atom. The smallest absolute Gasteiger partial charge is 0.333 e. The molecule has 1 aliphatic heterocycles. The number of carbonyl (C=O) groups is 2. The summed E-state index contributed by atoms with van der Waals surface area (Å²) in [5, 5.41) is 18.3. The third kappa shape index (κ3) is 2.15. The second-order valence-corrected chi connectivity index (χ2v) is 3.94. The van der Waals surface area contributed by atoms with Gasteiger partial charge in [0.25, 0.3) is 0 Å². The van der Waals surface area contributed by atoms with Crippen molar-refractivity contribution in [3.63, 3.8) is 0 Å². The number of hydrogen-bond acceptors (Lipinski definition) is 3. The number of carboxylic acids is 2. The Morgan fingerprint density at radius 3 is 2.33 bits per heavy atom. The van der Waals surface area contributed by atoms with Crippen molar-refractivity contribution >= 4 is 18.2 Å². The molecule has 0 aliphatic carbocycles. The van der Waals surface area contributed by atoms with Crippen LogP contribution in [0.3, 0.4) is 0 Å². The Hall–Kier alpha value is -2.43. The largest absolute Gasteiger partial charge is 0.481 e. The maximum Gasteiger partial charge on any atom is 0.333 e. The molecule has 18 heavy (non-hydrogen) atoms. The highest BCUT2D eigenvalue weighted by Crippen LogP contribution is 2.34. The maximum absolute atomic E-state index is 11.2. The summed E-state index contributed by atoms with van der Waals surface area (Å²) in [5.41, 5.74) is 0.654. The fourth-order valence-corrected chi connectivity index (χ4v) is 2.02. The zero-order valence-electron chi connectivity index (χ0n) is 9.35. The van der Waals surface area contributed by atoms with Crippen LogP contribution < -0.4 is 0 Å². The predicted octanol–water partition coefficient (Wildman–Crippen LogP) is 1.52. The first-order valence-electron chi connectivity index (χ1n) is 5.35. The van der Waals surface area contributed by atoms with Crippen molar-refractivity contribution in [2.45, 2.75) is 5.92 Å². The van der Waals surface area contributed by atoms with Crippen LogP contribution in [-0.4, -0.2) is 28.4 Å². The highest BCUT2D eigenvalue weighted by molar-refractivity contribution is 5.97. The van der Waals surface area contributed by atoms with E-state index in [9.17, 15) is 9.59 Å². The summed E-state index contributed by atoms with van der Waals surface area (Å²) in [6.07, 6.45) is 2.48. The zero-order valence-corrected chi connectivity index (χ0v) is 9.35. The molecule has 0 saturated heterocycles. The normalized spacial score (nSPS) is 22.3. The van der Waals surface area contributed by atoms with E-state index in [1.807, 2.05) is 0 Å². The van der Waals surface area contributed by atoms with Gasteiger partial charge >= 0.3 is 11.9 Å². The predicted molar refractivity (Wildman–Crippen MR) is 64.5 cm³/mol. The van der Waals surface area contributed by atoms with Gasteiger partial charge < -0.3 is 10.2 Å². The van der Waals surface area contributed by atoms with Gasteiger partial charge in [0, 0.05) is 18.3 Å². The highest BCUT2D eigenvalue weighted by atomic mass is 16.4. The van der Waals surface area contributed by atoms with Gasteiger partial charge in [-0.15, -0.1) is 0 Å². The molecule has 1 heterocycles. The minimum Gasteiger partial charge on any atom is -0.481 e. The Labute approximate surface area is 103 Å². The Bertz CT molecular complexity index is 533. The molecule has 1 aliphatic rings. The van der Waals surface area contributed by atoms with E-state index in [2.05, 4.69) is 4.99 Å². The second kappa shape index (κ2) is 4.83. The molecule has 0 fully saturated rings. The van der Waals surface area contributed by atoms with Gasteiger partial charge in [-0.1, -0.05) is 30.3 Å². The summed E-state index contributed by atoms with van der Waals surface area (Å²) in [7, 11) is 0. The van der Waals surface area contributed by atoms with E-state index in [0.717, 1.165) is 0 Å². The quantitative estimate of drug-likeness (QED) is 0.845. The van der Waals surface area contributed by atoms with Crippen LogP contribution in [0.4, 0.5) is 0 Å². The monoisotopic (exact) mass is 245 g/mol. The Kier molecular flexibility index (Phi) is 3.23. The van der Waals surface area contributed by atoms with Gasteiger partial charge in [-0.3, -0.25) is 9.79 Å². The van der Waals surface area contributed by atoms with E-state index >= 15 is 0 Å². The van der Waals surface area contributed by atoms with E-state index < -0.39 is 23.8 Å². The molecular formula is C13H11NO4. The first kappa shape index (κ1) is 12.0. The molecule has 0 amide bonds. The first-order chi connectivity index (χ1) is 8.61. The Morgan fingerprint density at radius 1 is 1.11 bits per heavy atom. The number of aliphatic imine (C=N–C) groups is 1. The molecule has 0 aromatic heterocycles. The molecule has 2 N–H and O–H groups in total. The minimum absolute atomic E-state index is 0.00361. The first-order valence-corrected chi connectivity index (χ1v) is 5.35. The van der Waals surface area contributed by atoms with Crippen LogP contribution in [0, 0.1) is 5.92 Å². The average Bonchev–Trinajstić information content (AvgIpc) is 2.38. The summed E-state index contributed by atoms with van der Waals surface area (Å²) in [6, 6.07) is 8.73. The van der Waals surface area contributed by atoms with Crippen LogP contribution in [-0.2, 0) is 9.59 Å².